The number of anilines is 1. The zero-order valence-electron chi connectivity index (χ0n) is 9.44. The SMILES string of the molecule is CCC(C)(CCCl)Nc1nc(C(F)(F)F)ns1. The Labute approximate surface area is 107 Å². The third-order valence-electron chi connectivity index (χ3n) is 2.51. The first-order valence-corrected chi connectivity index (χ1v) is 6.36. The van der Waals surface area contributed by atoms with Crippen LogP contribution in [0, 0.1) is 0 Å². The summed E-state index contributed by atoms with van der Waals surface area (Å²) in [7, 11) is 0. The minimum Gasteiger partial charge on any atom is -0.355 e. The lowest BCUT2D eigenvalue weighted by molar-refractivity contribution is -0.144. The van der Waals surface area contributed by atoms with Gasteiger partial charge >= 0.3 is 6.18 Å². The summed E-state index contributed by atoms with van der Waals surface area (Å²) in [6.07, 6.45) is -3.11. The largest absolute Gasteiger partial charge is 0.452 e. The van der Waals surface area contributed by atoms with Crippen LogP contribution in [0.2, 0.25) is 0 Å². The first kappa shape index (κ1) is 14.5. The van der Waals surface area contributed by atoms with Crippen molar-refractivity contribution in [1.82, 2.24) is 9.36 Å². The van der Waals surface area contributed by atoms with Crippen molar-refractivity contribution >= 4 is 28.3 Å². The van der Waals surface area contributed by atoms with Crippen LogP contribution in [0.25, 0.3) is 0 Å². The predicted octanol–water partition coefficient (Wildman–Crippen LogP) is 3.77. The minimum absolute atomic E-state index is 0.173. The summed E-state index contributed by atoms with van der Waals surface area (Å²) in [5, 5.41) is 3.13. The number of aromatic nitrogens is 2. The Morgan fingerprint density at radius 2 is 2.06 bits per heavy atom. The van der Waals surface area contributed by atoms with E-state index in [0.717, 1.165) is 6.42 Å². The smallest absolute Gasteiger partial charge is 0.355 e. The van der Waals surface area contributed by atoms with Gasteiger partial charge in [-0.25, -0.2) is 0 Å². The van der Waals surface area contributed by atoms with Crippen LogP contribution in [0.1, 0.15) is 32.5 Å². The predicted molar refractivity (Wildman–Crippen MR) is 62.6 cm³/mol. The maximum atomic E-state index is 12.3. The summed E-state index contributed by atoms with van der Waals surface area (Å²) >= 11 is 6.37. The molecular weight excluding hydrogens is 275 g/mol. The average Bonchev–Trinajstić information content (AvgIpc) is 2.66. The molecule has 1 heterocycles. The first-order valence-electron chi connectivity index (χ1n) is 5.06. The number of nitrogens with one attached hydrogen (secondary N) is 1. The molecule has 0 bridgehead atoms. The average molecular weight is 288 g/mol. The highest BCUT2D eigenvalue weighted by molar-refractivity contribution is 7.09. The first-order chi connectivity index (χ1) is 7.80. The molecule has 17 heavy (non-hydrogen) atoms. The second-order valence-corrected chi connectivity index (χ2v) is 5.03. The van der Waals surface area contributed by atoms with E-state index in [-0.39, 0.29) is 10.7 Å². The highest BCUT2D eigenvalue weighted by Gasteiger charge is 2.36. The fourth-order valence-corrected chi connectivity index (χ4v) is 2.34. The highest BCUT2D eigenvalue weighted by Crippen LogP contribution is 2.30. The van der Waals surface area contributed by atoms with Gasteiger partial charge in [0.15, 0.2) is 0 Å². The van der Waals surface area contributed by atoms with Crippen LogP contribution in [-0.2, 0) is 6.18 Å². The molecular formula is C9H13ClF3N3S. The number of alkyl halides is 4. The van der Waals surface area contributed by atoms with Gasteiger partial charge in [-0.2, -0.15) is 22.5 Å². The molecule has 1 aromatic heterocycles. The normalized spacial score (nSPS) is 15.6. The summed E-state index contributed by atoms with van der Waals surface area (Å²) in [6.45, 7) is 3.83. The van der Waals surface area contributed by atoms with E-state index in [1.54, 1.807) is 0 Å². The van der Waals surface area contributed by atoms with Crippen molar-refractivity contribution in [2.24, 2.45) is 0 Å². The van der Waals surface area contributed by atoms with Gasteiger partial charge in [-0.05, 0) is 19.8 Å². The lowest BCUT2D eigenvalue weighted by Crippen LogP contribution is -2.34. The number of hydrogen-bond donors (Lipinski definition) is 1. The maximum absolute atomic E-state index is 12.3. The van der Waals surface area contributed by atoms with Crippen molar-refractivity contribution in [2.75, 3.05) is 11.2 Å². The fraction of sp³-hybridized carbons (Fsp3) is 0.778. The Morgan fingerprint density at radius 3 is 2.47 bits per heavy atom. The lowest BCUT2D eigenvalue weighted by atomic mass is 9.96. The molecule has 0 amide bonds. The van der Waals surface area contributed by atoms with Crippen LogP contribution >= 0.6 is 23.1 Å². The molecule has 8 heteroatoms. The third-order valence-corrected chi connectivity index (χ3v) is 3.33. The Morgan fingerprint density at radius 1 is 1.41 bits per heavy atom. The number of nitrogens with zero attached hydrogens (tertiary/aromatic N) is 2. The van der Waals surface area contributed by atoms with Gasteiger partial charge in [0.1, 0.15) is 0 Å². The summed E-state index contributed by atoms with van der Waals surface area (Å²) in [5.41, 5.74) is -0.357. The van der Waals surface area contributed by atoms with Gasteiger partial charge in [0.05, 0.1) is 0 Å². The van der Waals surface area contributed by atoms with E-state index < -0.39 is 12.0 Å². The Bertz CT molecular complexity index is 369. The van der Waals surface area contributed by atoms with Crippen molar-refractivity contribution < 1.29 is 13.2 Å². The monoisotopic (exact) mass is 287 g/mol. The molecule has 1 atom stereocenters. The van der Waals surface area contributed by atoms with Gasteiger partial charge in [0.25, 0.3) is 0 Å². The zero-order chi connectivity index (χ0) is 13.1. The molecule has 0 aliphatic heterocycles. The molecule has 1 aromatic rings. The summed E-state index contributed by atoms with van der Waals surface area (Å²) in [5.74, 6) is -0.670. The molecule has 0 radical (unpaired) electrons. The van der Waals surface area contributed by atoms with E-state index in [9.17, 15) is 13.2 Å². The summed E-state index contributed by atoms with van der Waals surface area (Å²) in [4.78, 5) is 3.42. The van der Waals surface area contributed by atoms with Crippen LogP contribution in [-0.4, -0.2) is 20.8 Å². The molecule has 1 N–H and O–H groups in total. The second-order valence-electron chi connectivity index (χ2n) is 3.90. The molecule has 1 unspecified atom stereocenters. The summed E-state index contributed by atoms with van der Waals surface area (Å²) < 4.78 is 40.2. The van der Waals surface area contributed by atoms with E-state index in [4.69, 9.17) is 11.6 Å². The van der Waals surface area contributed by atoms with Crippen LogP contribution in [0.5, 0.6) is 0 Å². The van der Waals surface area contributed by atoms with Crippen LogP contribution in [0.4, 0.5) is 18.3 Å². The van der Waals surface area contributed by atoms with Crippen LogP contribution in [0.15, 0.2) is 0 Å². The fourth-order valence-electron chi connectivity index (χ4n) is 1.18. The van der Waals surface area contributed by atoms with E-state index >= 15 is 0 Å². The number of hydrogen-bond acceptors (Lipinski definition) is 4. The van der Waals surface area contributed by atoms with Crippen molar-refractivity contribution in [3.8, 4) is 0 Å². The standard InChI is InChI=1S/C9H13ClF3N3S/c1-3-8(2,4-5-10)15-7-14-6(16-17-7)9(11,12)13/h3-5H2,1-2H3,(H,14,15,16). The van der Waals surface area contributed by atoms with Crippen LogP contribution in [0.3, 0.4) is 0 Å². The van der Waals surface area contributed by atoms with Gasteiger partial charge in [0, 0.05) is 23.0 Å². The van der Waals surface area contributed by atoms with Gasteiger partial charge in [-0.15, -0.1) is 11.6 Å². The molecule has 0 saturated carbocycles. The molecule has 0 fully saturated rings. The topological polar surface area (TPSA) is 37.8 Å². The highest BCUT2D eigenvalue weighted by atomic mass is 35.5. The second kappa shape index (κ2) is 5.39. The minimum atomic E-state index is -4.49. The van der Waals surface area contributed by atoms with Crippen molar-refractivity contribution in [3.05, 3.63) is 5.82 Å². The molecule has 0 aliphatic rings. The van der Waals surface area contributed by atoms with Crippen molar-refractivity contribution in [3.63, 3.8) is 0 Å². The Hall–Kier alpha value is -0.560. The maximum Gasteiger partial charge on any atom is 0.452 e. The molecule has 0 aromatic carbocycles. The molecule has 0 aliphatic carbocycles. The van der Waals surface area contributed by atoms with Gasteiger partial charge in [-0.1, -0.05) is 6.92 Å². The Kier molecular flexibility index (Phi) is 4.60. The number of halogens is 4. The molecule has 0 saturated heterocycles. The van der Waals surface area contributed by atoms with Gasteiger partial charge in [0.2, 0.25) is 11.0 Å². The van der Waals surface area contributed by atoms with E-state index in [1.807, 2.05) is 13.8 Å². The molecule has 1 rings (SSSR count). The van der Waals surface area contributed by atoms with Crippen molar-refractivity contribution in [2.45, 2.75) is 38.4 Å². The van der Waals surface area contributed by atoms with E-state index in [2.05, 4.69) is 14.7 Å². The van der Waals surface area contributed by atoms with Crippen molar-refractivity contribution in [1.29, 1.82) is 0 Å². The molecule has 3 nitrogen and oxygen atoms in total. The van der Waals surface area contributed by atoms with E-state index in [1.165, 1.54) is 0 Å². The van der Waals surface area contributed by atoms with Gasteiger partial charge < -0.3 is 5.32 Å². The lowest BCUT2D eigenvalue weighted by Gasteiger charge is -2.28. The zero-order valence-corrected chi connectivity index (χ0v) is 11.0. The van der Waals surface area contributed by atoms with Gasteiger partial charge in [-0.3, -0.25) is 0 Å². The quantitative estimate of drug-likeness (QED) is 0.838. The summed E-state index contributed by atoms with van der Waals surface area (Å²) in [6, 6.07) is 0. The molecule has 0 spiro atoms. The number of rotatable bonds is 5. The third kappa shape index (κ3) is 3.99. The Balaban J connectivity index is 2.78. The molecule has 98 valence electrons. The van der Waals surface area contributed by atoms with E-state index in [0.29, 0.717) is 23.8 Å². The van der Waals surface area contributed by atoms with Crippen LogP contribution < -0.4 is 5.32 Å².